The number of rotatable bonds is 4. The van der Waals surface area contributed by atoms with Crippen LogP contribution in [0.1, 0.15) is 10.4 Å². The Morgan fingerprint density at radius 2 is 2.05 bits per heavy atom. The lowest BCUT2D eigenvalue weighted by Gasteiger charge is -2.13. The van der Waals surface area contributed by atoms with Crippen molar-refractivity contribution in [1.29, 1.82) is 0 Å². The van der Waals surface area contributed by atoms with E-state index in [4.69, 9.17) is 4.74 Å². The summed E-state index contributed by atoms with van der Waals surface area (Å²) in [5.74, 6) is 0.112. The van der Waals surface area contributed by atoms with Gasteiger partial charge in [0.25, 0.3) is 0 Å². The normalized spacial score (nSPS) is 11.3. The third-order valence-corrected chi connectivity index (χ3v) is 3.05. The van der Waals surface area contributed by atoms with E-state index in [0.717, 1.165) is 5.56 Å². The summed E-state index contributed by atoms with van der Waals surface area (Å²) in [5, 5.41) is 3.58. The molecule has 0 unspecified atom stereocenters. The van der Waals surface area contributed by atoms with Crippen LogP contribution < -0.4 is 4.74 Å². The van der Waals surface area contributed by atoms with E-state index in [2.05, 4.69) is 0 Å². The Kier molecular flexibility index (Phi) is 3.90. The molecule has 0 aliphatic rings. The lowest BCUT2D eigenvalue weighted by molar-refractivity contribution is -0.153. The van der Waals surface area contributed by atoms with Crippen LogP contribution in [0.2, 0.25) is 0 Å². The highest BCUT2D eigenvalue weighted by atomic mass is 32.1. The standard InChI is InChI=1S/C13H9F3O2S/c14-13(15,16)8-18-12-2-1-9(6-17)5-11(12)10-3-4-19-7-10/h1-7H,8H2. The molecule has 0 amide bonds. The van der Waals surface area contributed by atoms with Gasteiger partial charge in [-0.25, -0.2) is 0 Å². The van der Waals surface area contributed by atoms with Crippen LogP contribution in [0.15, 0.2) is 35.0 Å². The van der Waals surface area contributed by atoms with E-state index in [-0.39, 0.29) is 5.75 Å². The molecule has 0 saturated heterocycles. The molecule has 0 aliphatic heterocycles. The Morgan fingerprint density at radius 3 is 2.63 bits per heavy atom. The lowest BCUT2D eigenvalue weighted by atomic mass is 10.1. The molecule has 0 spiro atoms. The van der Waals surface area contributed by atoms with E-state index >= 15 is 0 Å². The zero-order valence-electron chi connectivity index (χ0n) is 9.61. The second-order valence-corrected chi connectivity index (χ2v) is 4.57. The van der Waals surface area contributed by atoms with Crippen molar-refractivity contribution in [3.05, 3.63) is 40.6 Å². The van der Waals surface area contributed by atoms with Gasteiger partial charge in [-0.15, -0.1) is 0 Å². The van der Waals surface area contributed by atoms with Crippen LogP contribution in [-0.4, -0.2) is 19.1 Å². The van der Waals surface area contributed by atoms with E-state index in [0.29, 0.717) is 17.4 Å². The zero-order valence-corrected chi connectivity index (χ0v) is 10.4. The highest BCUT2D eigenvalue weighted by Crippen LogP contribution is 2.33. The monoisotopic (exact) mass is 286 g/mol. The molecule has 2 aromatic rings. The second-order valence-electron chi connectivity index (χ2n) is 3.79. The molecule has 1 aromatic carbocycles. The molecule has 0 saturated carbocycles. The van der Waals surface area contributed by atoms with Crippen molar-refractivity contribution in [1.82, 2.24) is 0 Å². The van der Waals surface area contributed by atoms with Crippen molar-refractivity contribution in [2.24, 2.45) is 0 Å². The van der Waals surface area contributed by atoms with Gasteiger partial charge in [0, 0.05) is 11.1 Å². The fourth-order valence-electron chi connectivity index (χ4n) is 1.55. The fourth-order valence-corrected chi connectivity index (χ4v) is 2.21. The average molecular weight is 286 g/mol. The van der Waals surface area contributed by atoms with E-state index in [1.165, 1.54) is 29.5 Å². The summed E-state index contributed by atoms with van der Waals surface area (Å²) in [7, 11) is 0. The molecular weight excluding hydrogens is 277 g/mol. The third kappa shape index (κ3) is 3.57. The first kappa shape index (κ1) is 13.6. The summed E-state index contributed by atoms with van der Waals surface area (Å²) >= 11 is 1.41. The molecule has 0 atom stereocenters. The maximum atomic E-state index is 12.2. The number of aldehydes is 1. The minimum absolute atomic E-state index is 0.112. The van der Waals surface area contributed by atoms with Crippen LogP contribution >= 0.6 is 11.3 Å². The SMILES string of the molecule is O=Cc1ccc(OCC(F)(F)F)c(-c2ccsc2)c1. The first-order chi connectivity index (χ1) is 8.99. The van der Waals surface area contributed by atoms with Gasteiger partial charge in [-0.1, -0.05) is 0 Å². The Hall–Kier alpha value is -1.82. The molecule has 1 aromatic heterocycles. The zero-order chi connectivity index (χ0) is 13.9. The summed E-state index contributed by atoms with van der Waals surface area (Å²) in [6.45, 7) is -1.36. The molecule has 19 heavy (non-hydrogen) atoms. The van der Waals surface area contributed by atoms with Crippen molar-refractivity contribution in [2.75, 3.05) is 6.61 Å². The van der Waals surface area contributed by atoms with Crippen LogP contribution in [0.5, 0.6) is 5.75 Å². The first-order valence-electron chi connectivity index (χ1n) is 5.31. The molecule has 2 nitrogen and oxygen atoms in total. The summed E-state index contributed by atoms with van der Waals surface area (Å²) < 4.78 is 41.3. The summed E-state index contributed by atoms with van der Waals surface area (Å²) in [6.07, 6.45) is -3.75. The first-order valence-corrected chi connectivity index (χ1v) is 6.25. The number of alkyl halides is 3. The number of thiophene rings is 1. The van der Waals surface area contributed by atoms with Gasteiger partial charge in [-0.05, 0) is 40.6 Å². The molecular formula is C13H9F3O2S. The summed E-state index contributed by atoms with van der Waals surface area (Å²) in [6, 6.07) is 6.08. The maximum absolute atomic E-state index is 12.2. The minimum Gasteiger partial charge on any atom is -0.483 e. The van der Waals surface area contributed by atoms with Crippen molar-refractivity contribution in [3.63, 3.8) is 0 Å². The Balaban J connectivity index is 2.34. The van der Waals surface area contributed by atoms with E-state index in [1.54, 1.807) is 16.8 Å². The fraction of sp³-hybridized carbons (Fsp3) is 0.154. The molecule has 100 valence electrons. The lowest BCUT2D eigenvalue weighted by Crippen LogP contribution is -2.19. The predicted octanol–water partition coefficient (Wildman–Crippen LogP) is 4.17. The molecule has 2 rings (SSSR count). The highest BCUT2D eigenvalue weighted by Gasteiger charge is 2.28. The van der Waals surface area contributed by atoms with Crippen molar-refractivity contribution in [2.45, 2.75) is 6.18 Å². The van der Waals surface area contributed by atoms with Crippen molar-refractivity contribution >= 4 is 17.6 Å². The molecule has 0 bridgehead atoms. The number of hydrogen-bond acceptors (Lipinski definition) is 3. The number of carbonyl (C=O) groups is 1. The predicted molar refractivity (Wildman–Crippen MR) is 66.7 cm³/mol. The second kappa shape index (κ2) is 5.44. The van der Waals surface area contributed by atoms with Crippen LogP contribution in [0, 0.1) is 0 Å². The molecule has 1 heterocycles. The minimum atomic E-state index is -4.39. The number of hydrogen-bond donors (Lipinski definition) is 0. The summed E-state index contributed by atoms with van der Waals surface area (Å²) in [4.78, 5) is 10.7. The van der Waals surface area contributed by atoms with E-state index in [1.807, 2.05) is 0 Å². The molecule has 6 heteroatoms. The Bertz CT molecular complexity index is 562. The van der Waals surface area contributed by atoms with Gasteiger partial charge in [0.2, 0.25) is 0 Å². The number of benzene rings is 1. The third-order valence-electron chi connectivity index (χ3n) is 2.36. The molecule has 0 fully saturated rings. The van der Waals surface area contributed by atoms with Crippen LogP contribution in [0.4, 0.5) is 13.2 Å². The van der Waals surface area contributed by atoms with Crippen LogP contribution in [0.3, 0.4) is 0 Å². The van der Waals surface area contributed by atoms with Crippen LogP contribution in [0.25, 0.3) is 11.1 Å². The molecule has 0 N–H and O–H groups in total. The Labute approximate surface area is 111 Å². The average Bonchev–Trinajstić information content (AvgIpc) is 2.89. The maximum Gasteiger partial charge on any atom is 0.422 e. The summed E-state index contributed by atoms with van der Waals surface area (Å²) in [5.41, 5.74) is 1.60. The number of ether oxygens (including phenoxy) is 1. The van der Waals surface area contributed by atoms with Gasteiger partial charge in [0.15, 0.2) is 6.61 Å². The van der Waals surface area contributed by atoms with Crippen molar-refractivity contribution in [3.8, 4) is 16.9 Å². The smallest absolute Gasteiger partial charge is 0.422 e. The van der Waals surface area contributed by atoms with Gasteiger partial charge in [0.1, 0.15) is 12.0 Å². The van der Waals surface area contributed by atoms with Crippen molar-refractivity contribution < 1.29 is 22.7 Å². The quantitative estimate of drug-likeness (QED) is 0.788. The van der Waals surface area contributed by atoms with Gasteiger partial charge in [-0.3, -0.25) is 4.79 Å². The van der Waals surface area contributed by atoms with Gasteiger partial charge >= 0.3 is 6.18 Å². The van der Waals surface area contributed by atoms with E-state index in [9.17, 15) is 18.0 Å². The number of halogens is 3. The molecule has 0 radical (unpaired) electrons. The van der Waals surface area contributed by atoms with Crippen LogP contribution in [-0.2, 0) is 0 Å². The highest BCUT2D eigenvalue weighted by molar-refractivity contribution is 7.08. The molecule has 0 aliphatic carbocycles. The van der Waals surface area contributed by atoms with Gasteiger partial charge < -0.3 is 4.74 Å². The Morgan fingerprint density at radius 1 is 1.26 bits per heavy atom. The topological polar surface area (TPSA) is 26.3 Å². The van der Waals surface area contributed by atoms with Gasteiger partial charge in [0.05, 0.1) is 0 Å². The number of carbonyl (C=O) groups excluding carboxylic acids is 1. The largest absolute Gasteiger partial charge is 0.483 e. The van der Waals surface area contributed by atoms with E-state index < -0.39 is 12.8 Å². The van der Waals surface area contributed by atoms with Gasteiger partial charge in [-0.2, -0.15) is 24.5 Å².